The third kappa shape index (κ3) is 4.02. The second-order valence-electron chi connectivity index (χ2n) is 7.04. The van der Waals surface area contributed by atoms with Crippen molar-refractivity contribution >= 4 is 33.2 Å². The van der Waals surface area contributed by atoms with Gasteiger partial charge >= 0.3 is 0 Å². The van der Waals surface area contributed by atoms with Crippen LogP contribution in [-0.4, -0.2) is 38.5 Å². The molecule has 0 atom stereocenters. The van der Waals surface area contributed by atoms with Crippen LogP contribution in [0, 0.1) is 0 Å². The first-order valence-corrected chi connectivity index (χ1v) is 11.0. The SMILES string of the molecule is CCCN(CC)Cc1nnc2n1-c1ccc(Br)cc1C(c1ccccc1Cl)=NC2. The maximum atomic E-state index is 6.52. The molecule has 7 heteroatoms. The van der Waals surface area contributed by atoms with Crippen molar-refractivity contribution in [2.45, 2.75) is 33.4 Å². The van der Waals surface area contributed by atoms with Crippen LogP contribution in [0.25, 0.3) is 5.69 Å². The number of fused-ring (bicyclic) bond motifs is 3. The van der Waals surface area contributed by atoms with Gasteiger partial charge in [0.25, 0.3) is 0 Å². The van der Waals surface area contributed by atoms with Crippen LogP contribution in [0.15, 0.2) is 51.9 Å². The van der Waals surface area contributed by atoms with Crippen molar-refractivity contribution in [2.75, 3.05) is 13.1 Å². The number of hydrogen-bond donors (Lipinski definition) is 0. The van der Waals surface area contributed by atoms with Gasteiger partial charge in [0.1, 0.15) is 6.54 Å². The molecule has 2 heterocycles. The van der Waals surface area contributed by atoms with E-state index in [1.54, 1.807) is 0 Å². The maximum Gasteiger partial charge on any atom is 0.159 e. The van der Waals surface area contributed by atoms with Gasteiger partial charge in [0.2, 0.25) is 0 Å². The van der Waals surface area contributed by atoms with Gasteiger partial charge in [-0.05, 0) is 43.8 Å². The molecule has 1 aliphatic heterocycles. The monoisotopic (exact) mass is 471 g/mol. The van der Waals surface area contributed by atoms with E-state index in [0.29, 0.717) is 11.6 Å². The lowest BCUT2D eigenvalue weighted by atomic mass is 10.0. The highest BCUT2D eigenvalue weighted by Gasteiger charge is 2.24. The average molecular weight is 473 g/mol. The molecule has 2 aromatic carbocycles. The molecule has 0 radical (unpaired) electrons. The minimum Gasteiger partial charge on any atom is -0.296 e. The first-order valence-electron chi connectivity index (χ1n) is 9.87. The largest absolute Gasteiger partial charge is 0.296 e. The van der Waals surface area contributed by atoms with Gasteiger partial charge in [0.05, 0.1) is 17.9 Å². The number of aromatic nitrogens is 3. The summed E-state index contributed by atoms with van der Waals surface area (Å²) in [5, 5.41) is 9.67. The molecule has 4 rings (SSSR count). The zero-order chi connectivity index (χ0) is 20.4. The minimum absolute atomic E-state index is 0.458. The number of halogens is 2. The fraction of sp³-hybridized carbons (Fsp3) is 0.318. The lowest BCUT2D eigenvalue weighted by Crippen LogP contribution is -2.25. The van der Waals surface area contributed by atoms with Gasteiger partial charge in [-0.15, -0.1) is 10.2 Å². The molecule has 150 valence electrons. The molecule has 0 saturated heterocycles. The van der Waals surface area contributed by atoms with E-state index in [4.69, 9.17) is 16.6 Å². The van der Waals surface area contributed by atoms with Crippen molar-refractivity contribution in [3.63, 3.8) is 0 Å². The Morgan fingerprint density at radius 2 is 1.93 bits per heavy atom. The van der Waals surface area contributed by atoms with Crippen LogP contribution in [0.3, 0.4) is 0 Å². The third-order valence-electron chi connectivity index (χ3n) is 5.11. The molecule has 3 aromatic rings. The van der Waals surface area contributed by atoms with E-state index in [1.807, 2.05) is 30.3 Å². The highest BCUT2D eigenvalue weighted by Crippen LogP contribution is 2.30. The van der Waals surface area contributed by atoms with E-state index in [2.05, 4.69) is 61.6 Å². The predicted octanol–water partition coefficient (Wildman–Crippen LogP) is 5.27. The predicted molar refractivity (Wildman–Crippen MR) is 121 cm³/mol. The molecule has 0 N–H and O–H groups in total. The van der Waals surface area contributed by atoms with Crippen LogP contribution in [0.5, 0.6) is 0 Å². The summed E-state index contributed by atoms with van der Waals surface area (Å²) in [7, 11) is 0. The van der Waals surface area contributed by atoms with E-state index in [-0.39, 0.29) is 0 Å². The van der Waals surface area contributed by atoms with Crippen LogP contribution >= 0.6 is 27.5 Å². The first kappa shape index (κ1) is 20.3. The zero-order valence-electron chi connectivity index (χ0n) is 16.6. The van der Waals surface area contributed by atoms with Gasteiger partial charge in [-0.1, -0.05) is 59.6 Å². The van der Waals surface area contributed by atoms with E-state index in [9.17, 15) is 0 Å². The Kier molecular flexibility index (Phi) is 6.13. The molecule has 0 spiro atoms. The number of nitrogens with zero attached hydrogens (tertiary/aromatic N) is 5. The highest BCUT2D eigenvalue weighted by atomic mass is 79.9. The van der Waals surface area contributed by atoms with Gasteiger partial charge < -0.3 is 0 Å². The molecule has 0 bridgehead atoms. The number of benzene rings is 2. The Bertz CT molecular complexity index is 1060. The smallest absolute Gasteiger partial charge is 0.159 e. The summed E-state index contributed by atoms with van der Waals surface area (Å²) in [6.07, 6.45) is 1.11. The Labute approximate surface area is 184 Å². The maximum absolute atomic E-state index is 6.52. The summed E-state index contributed by atoms with van der Waals surface area (Å²) in [6, 6.07) is 14.1. The Morgan fingerprint density at radius 1 is 1.10 bits per heavy atom. The quantitative estimate of drug-likeness (QED) is 0.491. The van der Waals surface area contributed by atoms with Gasteiger partial charge in [-0.2, -0.15) is 0 Å². The van der Waals surface area contributed by atoms with Crippen LogP contribution < -0.4 is 0 Å². The molecule has 0 amide bonds. The van der Waals surface area contributed by atoms with E-state index in [0.717, 1.165) is 64.7 Å². The second-order valence-corrected chi connectivity index (χ2v) is 8.37. The number of hydrogen-bond acceptors (Lipinski definition) is 4. The Balaban J connectivity index is 1.85. The molecule has 0 saturated carbocycles. The topological polar surface area (TPSA) is 46.3 Å². The first-order chi connectivity index (χ1) is 14.1. The molecule has 0 fully saturated rings. The van der Waals surface area contributed by atoms with Crippen molar-refractivity contribution in [2.24, 2.45) is 4.99 Å². The van der Waals surface area contributed by atoms with Crippen molar-refractivity contribution in [1.82, 2.24) is 19.7 Å². The fourth-order valence-corrected chi connectivity index (χ4v) is 4.30. The van der Waals surface area contributed by atoms with Crippen molar-refractivity contribution in [3.05, 3.63) is 74.7 Å². The summed E-state index contributed by atoms with van der Waals surface area (Å²) in [5.74, 6) is 1.78. The lowest BCUT2D eigenvalue weighted by Gasteiger charge is -2.20. The standard InChI is InChI=1S/C22H23BrClN5/c1-3-11-28(4-2)14-21-27-26-20-13-25-22(16-7-5-6-8-18(16)24)17-12-15(23)9-10-19(17)29(20)21/h5-10,12H,3-4,11,13-14H2,1-2H3. The summed E-state index contributed by atoms with van der Waals surface area (Å²) in [5.41, 5.74) is 3.86. The average Bonchev–Trinajstić information content (AvgIpc) is 3.04. The molecule has 0 unspecified atom stereocenters. The molecule has 5 nitrogen and oxygen atoms in total. The van der Waals surface area contributed by atoms with Gasteiger partial charge in [0, 0.05) is 20.6 Å². The number of aliphatic imine (C=N–C) groups is 1. The molecule has 0 aliphatic carbocycles. The third-order valence-corrected chi connectivity index (χ3v) is 5.93. The van der Waals surface area contributed by atoms with Gasteiger partial charge in [-0.25, -0.2) is 0 Å². The lowest BCUT2D eigenvalue weighted by molar-refractivity contribution is 0.272. The van der Waals surface area contributed by atoms with Gasteiger partial charge in [-0.3, -0.25) is 14.5 Å². The zero-order valence-corrected chi connectivity index (χ0v) is 18.9. The van der Waals surface area contributed by atoms with Crippen LogP contribution in [0.2, 0.25) is 5.02 Å². The van der Waals surface area contributed by atoms with E-state index in [1.165, 1.54) is 0 Å². The highest BCUT2D eigenvalue weighted by molar-refractivity contribution is 9.10. The fourth-order valence-electron chi connectivity index (χ4n) is 3.71. The van der Waals surface area contributed by atoms with E-state index >= 15 is 0 Å². The normalized spacial score (nSPS) is 13.1. The van der Waals surface area contributed by atoms with Crippen molar-refractivity contribution in [3.8, 4) is 5.69 Å². The summed E-state index contributed by atoms with van der Waals surface area (Å²) in [4.78, 5) is 7.29. The van der Waals surface area contributed by atoms with Crippen molar-refractivity contribution < 1.29 is 0 Å². The molecule has 1 aliphatic rings. The molecule has 1 aromatic heterocycles. The number of rotatable bonds is 6. The minimum atomic E-state index is 0.458. The Morgan fingerprint density at radius 3 is 2.69 bits per heavy atom. The molecular weight excluding hydrogens is 450 g/mol. The van der Waals surface area contributed by atoms with Crippen LogP contribution in [0.1, 0.15) is 43.0 Å². The molecular formula is C22H23BrClN5. The Hall–Kier alpha value is -2.02. The second kappa shape index (κ2) is 8.78. The van der Waals surface area contributed by atoms with Gasteiger partial charge in [0.15, 0.2) is 11.6 Å². The molecule has 29 heavy (non-hydrogen) atoms. The van der Waals surface area contributed by atoms with Crippen molar-refractivity contribution in [1.29, 1.82) is 0 Å². The van der Waals surface area contributed by atoms with Crippen LogP contribution in [0.4, 0.5) is 0 Å². The summed E-state index contributed by atoms with van der Waals surface area (Å²) in [6.45, 7) is 7.61. The summed E-state index contributed by atoms with van der Waals surface area (Å²) < 4.78 is 3.16. The van der Waals surface area contributed by atoms with E-state index < -0.39 is 0 Å². The van der Waals surface area contributed by atoms with Crippen LogP contribution in [-0.2, 0) is 13.1 Å². The summed E-state index contributed by atoms with van der Waals surface area (Å²) >= 11 is 10.1.